The lowest BCUT2D eigenvalue weighted by Gasteiger charge is -2.34. The van der Waals surface area contributed by atoms with E-state index in [1.54, 1.807) is 6.26 Å². The molecule has 26 heavy (non-hydrogen) atoms. The fraction of sp³-hybridized carbons (Fsp3) is 0.750. The van der Waals surface area contributed by atoms with Crippen molar-refractivity contribution < 1.29 is 14.1 Å². The normalized spacial score (nSPS) is 30.1. The van der Waals surface area contributed by atoms with Crippen molar-refractivity contribution in [3.8, 4) is 0 Å². The number of carbonyl (C=O) groups excluding carboxylic acids is 2. The van der Waals surface area contributed by atoms with Crippen LogP contribution < -0.4 is 5.32 Å². The standard InChI is InChI=1S/C20H29N3O3/c1-13-12-26-22-18(13)10-19(24)21-7-6-14-3-2-8-23(11-14)20(25)16-5-4-15-9-17(15)16/h12,14-17H,2-11H2,1H3,(H,21,24)/t14?,15-,16-,17+/m1/s1. The highest BCUT2D eigenvalue weighted by atomic mass is 16.5. The van der Waals surface area contributed by atoms with Crippen molar-refractivity contribution in [2.45, 2.75) is 51.9 Å². The Balaban J connectivity index is 1.19. The molecule has 0 bridgehead atoms. The van der Waals surface area contributed by atoms with Crippen LogP contribution in [0.5, 0.6) is 0 Å². The number of piperidine rings is 1. The number of rotatable bonds is 6. The molecule has 1 unspecified atom stereocenters. The van der Waals surface area contributed by atoms with Gasteiger partial charge in [-0.05, 0) is 63.2 Å². The van der Waals surface area contributed by atoms with E-state index in [4.69, 9.17) is 4.52 Å². The van der Waals surface area contributed by atoms with Crippen LogP contribution in [0.2, 0.25) is 0 Å². The number of fused-ring (bicyclic) bond motifs is 1. The van der Waals surface area contributed by atoms with Gasteiger partial charge in [-0.2, -0.15) is 0 Å². The summed E-state index contributed by atoms with van der Waals surface area (Å²) in [6.07, 6.45) is 8.64. The number of aryl methyl sites for hydroxylation is 1. The Kier molecular flexibility index (Phi) is 5.00. The summed E-state index contributed by atoms with van der Waals surface area (Å²) >= 11 is 0. The number of hydrogen-bond acceptors (Lipinski definition) is 4. The second kappa shape index (κ2) is 7.41. The van der Waals surface area contributed by atoms with E-state index in [0.29, 0.717) is 35.9 Å². The summed E-state index contributed by atoms with van der Waals surface area (Å²) in [5.74, 6) is 2.75. The summed E-state index contributed by atoms with van der Waals surface area (Å²) in [7, 11) is 0. The van der Waals surface area contributed by atoms with Crippen LogP contribution in [-0.4, -0.2) is 41.5 Å². The molecule has 142 valence electrons. The van der Waals surface area contributed by atoms with E-state index in [2.05, 4.69) is 15.4 Å². The van der Waals surface area contributed by atoms with Gasteiger partial charge in [-0.1, -0.05) is 5.16 Å². The first-order valence-corrected chi connectivity index (χ1v) is 10.1. The molecule has 4 rings (SSSR count). The molecule has 1 aliphatic heterocycles. The third-order valence-corrected chi connectivity index (χ3v) is 6.54. The van der Waals surface area contributed by atoms with Gasteiger partial charge in [-0.25, -0.2) is 0 Å². The van der Waals surface area contributed by atoms with Crippen LogP contribution in [0.1, 0.15) is 49.8 Å². The minimum Gasteiger partial charge on any atom is -0.364 e. The topological polar surface area (TPSA) is 75.4 Å². The van der Waals surface area contributed by atoms with E-state index in [1.165, 1.54) is 12.8 Å². The number of amides is 2. The SMILES string of the molecule is Cc1conc1CC(=O)NCCC1CCCN(C(=O)[C@@H]2CC[C@@H]3C[C@@H]32)C1. The van der Waals surface area contributed by atoms with Crippen molar-refractivity contribution in [3.05, 3.63) is 17.5 Å². The molecule has 0 radical (unpaired) electrons. The molecule has 3 aliphatic rings. The molecule has 0 spiro atoms. The van der Waals surface area contributed by atoms with Gasteiger partial charge in [0.1, 0.15) is 6.26 Å². The summed E-state index contributed by atoms with van der Waals surface area (Å²) in [6, 6.07) is 0. The predicted molar refractivity (Wildman–Crippen MR) is 96.2 cm³/mol. The summed E-state index contributed by atoms with van der Waals surface area (Å²) in [5.41, 5.74) is 1.61. The fourth-order valence-corrected chi connectivity index (χ4v) is 4.86. The Labute approximate surface area is 154 Å². The third kappa shape index (κ3) is 3.79. The van der Waals surface area contributed by atoms with E-state index in [-0.39, 0.29) is 12.3 Å². The van der Waals surface area contributed by atoms with Gasteiger partial charge in [0.05, 0.1) is 12.1 Å². The first-order chi connectivity index (χ1) is 12.6. The first kappa shape index (κ1) is 17.6. The molecule has 1 N–H and O–H groups in total. The average molecular weight is 359 g/mol. The molecule has 1 saturated heterocycles. The fourth-order valence-electron chi connectivity index (χ4n) is 4.86. The molecule has 3 fully saturated rings. The highest BCUT2D eigenvalue weighted by Crippen LogP contribution is 2.55. The molecule has 2 amide bonds. The molecule has 1 aromatic heterocycles. The number of nitrogens with one attached hydrogen (secondary N) is 1. The third-order valence-electron chi connectivity index (χ3n) is 6.54. The van der Waals surface area contributed by atoms with Crippen LogP contribution in [-0.2, 0) is 16.0 Å². The second-order valence-corrected chi connectivity index (χ2v) is 8.40. The van der Waals surface area contributed by atoms with Gasteiger partial charge >= 0.3 is 0 Å². The Morgan fingerprint density at radius 2 is 2.23 bits per heavy atom. The summed E-state index contributed by atoms with van der Waals surface area (Å²) < 4.78 is 4.87. The Bertz CT molecular complexity index is 671. The Morgan fingerprint density at radius 1 is 1.35 bits per heavy atom. The number of hydrogen-bond donors (Lipinski definition) is 1. The zero-order chi connectivity index (χ0) is 18.1. The largest absolute Gasteiger partial charge is 0.364 e. The van der Waals surface area contributed by atoms with Crippen molar-refractivity contribution in [1.82, 2.24) is 15.4 Å². The maximum atomic E-state index is 12.8. The van der Waals surface area contributed by atoms with Gasteiger partial charge in [0.25, 0.3) is 0 Å². The van der Waals surface area contributed by atoms with Crippen molar-refractivity contribution in [2.75, 3.05) is 19.6 Å². The minimum absolute atomic E-state index is 0.0172. The monoisotopic (exact) mass is 359 g/mol. The average Bonchev–Trinajstić information content (AvgIpc) is 3.12. The second-order valence-electron chi connectivity index (χ2n) is 8.40. The van der Waals surface area contributed by atoms with E-state index >= 15 is 0 Å². The summed E-state index contributed by atoms with van der Waals surface area (Å²) in [5, 5.41) is 6.83. The lowest BCUT2D eigenvalue weighted by atomic mass is 9.92. The maximum absolute atomic E-state index is 12.8. The first-order valence-electron chi connectivity index (χ1n) is 10.1. The number of carbonyl (C=O) groups is 2. The molecule has 2 saturated carbocycles. The van der Waals surface area contributed by atoms with Crippen LogP contribution >= 0.6 is 0 Å². The van der Waals surface area contributed by atoms with Gasteiger partial charge in [0, 0.05) is 31.1 Å². The number of nitrogens with zero attached hydrogens (tertiary/aromatic N) is 2. The number of likely N-dealkylation sites (tertiary alicyclic amines) is 1. The number of aromatic nitrogens is 1. The van der Waals surface area contributed by atoms with Crippen molar-refractivity contribution in [1.29, 1.82) is 0 Å². The van der Waals surface area contributed by atoms with Crippen molar-refractivity contribution in [3.63, 3.8) is 0 Å². The minimum atomic E-state index is -0.0172. The lowest BCUT2D eigenvalue weighted by molar-refractivity contribution is -0.138. The lowest BCUT2D eigenvalue weighted by Crippen LogP contribution is -2.43. The maximum Gasteiger partial charge on any atom is 0.226 e. The van der Waals surface area contributed by atoms with Crippen LogP contribution in [0.15, 0.2) is 10.8 Å². The van der Waals surface area contributed by atoms with Gasteiger partial charge in [-0.15, -0.1) is 0 Å². The zero-order valence-corrected chi connectivity index (χ0v) is 15.6. The quantitative estimate of drug-likeness (QED) is 0.846. The summed E-state index contributed by atoms with van der Waals surface area (Å²) in [4.78, 5) is 27.0. The van der Waals surface area contributed by atoms with Gasteiger partial charge in [0.2, 0.25) is 11.8 Å². The molecule has 2 aliphatic carbocycles. The molecular weight excluding hydrogens is 330 g/mol. The van der Waals surface area contributed by atoms with Crippen LogP contribution in [0.3, 0.4) is 0 Å². The molecule has 6 nitrogen and oxygen atoms in total. The van der Waals surface area contributed by atoms with E-state index < -0.39 is 0 Å². The van der Waals surface area contributed by atoms with E-state index in [0.717, 1.165) is 50.3 Å². The predicted octanol–water partition coefficient (Wildman–Crippen LogP) is 2.32. The summed E-state index contributed by atoms with van der Waals surface area (Å²) in [6.45, 7) is 4.34. The smallest absolute Gasteiger partial charge is 0.226 e. The Hall–Kier alpha value is -1.85. The van der Waals surface area contributed by atoms with Gasteiger partial charge in [0.15, 0.2) is 0 Å². The molecule has 6 heteroatoms. The van der Waals surface area contributed by atoms with Crippen molar-refractivity contribution in [2.24, 2.45) is 23.7 Å². The van der Waals surface area contributed by atoms with Crippen LogP contribution in [0, 0.1) is 30.6 Å². The molecule has 2 heterocycles. The molecule has 1 aromatic rings. The van der Waals surface area contributed by atoms with E-state index in [1.807, 2.05) is 6.92 Å². The Morgan fingerprint density at radius 3 is 2.92 bits per heavy atom. The molecular formula is C20H29N3O3. The van der Waals surface area contributed by atoms with Gasteiger partial charge in [-0.3, -0.25) is 9.59 Å². The van der Waals surface area contributed by atoms with Crippen LogP contribution in [0.4, 0.5) is 0 Å². The van der Waals surface area contributed by atoms with Gasteiger partial charge < -0.3 is 14.7 Å². The highest BCUT2D eigenvalue weighted by molar-refractivity contribution is 5.80. The molecule has 0 aromatic carbocycles. The van der Waals surface area contributed by atoms with Crippen molar-refractivity contribution >= 4 is 11.8 Å². The zero-order valence-electron chi connectivity index (χ0n) is 15.6. The van der Waals surface area contributed by atoms with E-state index in [9.17, 15) is 9.59 Å². The highest BCUT2D eigenvalue weighted by Gasteiger charge is 2.51. The van der Waals surface area contributed by atoms with Crippen LogP contribution in [0.25, 0.3) is 0 Å². The molecule has 4 atom stereocenters.